The van der Waals surface area contributed by atoms with Crippen LogP contribution in [0.5, 0.6) is 0 Å². The van der Waals surface area contributed by atoms with Crippen LogP contribution in [0.3, 0.4) is 0 Å². The Morgan fingerprint density at radius 3 is 2.79 bits per heavy atom. The average Bonchev–Trinajstić information content (AvgIpc) is 2.63. The van der Waals surface area contributed by atoms with Crippen LogP contribution in [0.2, 0.25) is 0 Å². The molecule has 0 aliphatic carbocycles. The van der Waals surface area contributed by atoms with Gasteiger partial charge in [0.25, 0.3) is 0 Å². The Labute approximate surface area is 166 Å². The molecule has 1 saturated heterocycles. The minimum absolute atomic E-state index is 0.0701. The fraction of sp³-hybridized carbons (Fsp3) is 0.350. The SMILES string of the molecule is CCOC1CN(c2ncc(-c3cccc(COC(=O)CC(=N)N)c3F)cc2F)C1. The highest BCUT2D eigenvalue weighted by molar-refractivity contribution is 5.94. The number of pyridine rings is 1. The number of benzene rings is 1. The molecular weight excluding hydrogens is 382 g/mol. The Hall–Kier alpha value is -3.07. The Bertz CT molecular complexity index is 917. The molecule has 1 fully saturated rings. The van der Waals surface area contributed by atoms with E-state index in [9.17, 15) is 13.6 Å². The molecule has 0 bridgehead atoms. The first-order valence-electron chi connectivity index (χ1n) is 9.17. The molecule has 7 nitrogen and oxygen atoms in total. The predicted octanol–water partition coefficient (Wildman–Crippen LogP) is 2.62. The highest BCUT2D eigenvalue weighted by Gasteiger charge is 2.30. The van der Waals surface area contributed by atoms with E-state index in [4.69, 9.17) is 20.6 Å². The summed E-state index contributed by atoms with van der Waals surface area (Å²) in [5, 5.41) is 7.06. The molecule has 0 saturated carbocycles. The number of esters is 1. The summed E-state index contributed by atoms with van der Waals surface area (Å²) in [5.41, 5.74) is 5.69. The molecular formula is C20H22F2N4O3. The number of ether oxygens (including phenoxy) is 2. The van der Waals surface area contributed by atoms with E-state index in [0.717, 1.165) is 0 Å². The third-order valence-electron chi connectivity index (χ3n) is 4.48. The second kappa shape index (κ2) is 8.95. The van der Waals surface area contributed by atoms with Gasteiger partial charge in [-0.3, -0.25) is 10.2 Å². The third kappa shape index (κ3) is 4.86. The standard InChI is InChI=1S/C20H22F2N4O3/c1-2-28-14-9-26(10-14)20-16(21)6-13(8-25-20)15-5-3-4-12(19(15)22)11-29-18(27)7-17(23)24/h3-6,8,14H,2,7,9-11H2,1H3,(H3,23,24). The zero-order chi connectivity index (χ0) is 21.0. The maximum Gasteiger partial charge on any atom is 0.313 e. The van der Waals surface area contributed by atoms with Gasteiger partial charge in [-0.15, -0.1) is 0 Å². The second-order valence-electron chi connectivity index (χ2n) is 6.65. The van der Waals surface area contributed by atoms with E-state index < -0.39 is 17.6 Å². The largest absolute Gasteiger partial charge is 0.460 e. The maximum absolute atomic E-state index is 14.8. The van der Waals surface area contributed by atoms with Gasteiger partial charge in [0.05, 0.1) is 6.10 Å². The fourth-order valence-corrected chi connectivity index (χ4v) is 3.04. The number of anilines is 1. The number of amidine groups is 1. The normalized spacial score (nSPS) is 13.8. The van der Waals surface area contributed by atoms with Crippen molar-refractivity contribution in [2.75, 3.05) is 24.6 Å². The summed E-state index contributed by atoms with van der Waals surface area (Å²) < 4.78 is 39.8. The van der Waals surface area contributed by atoms with Crippen molar-refractivity contribution in [1.29, 1.82) is 5.41 Å². The molecule has 1 aromatic carbocycles. The highest BCUT2D eigenvalue weighted by Crippen LogP contribution is 2.30. The lowest BCUT2D eigenvalue weighted by Gasteiger charge is -2.39. The Kier molecular flexibility index (Phi) is 6.38. The quantitative estimate of drug-likeness (QED) is 0.398. The van der Waals surface area contributed by atoms with Crippen molar-refractivity contribution in [2.45, 2.75) is 26.1 Å². The summed E-state index contributed by atoms with van der Waals surface area (Å²) in [6, 6.07) is 5.79. The van der Waals surface area contributed by atoms with Gasteiger partial charge < -0.3 is 20.1 Å². The molecule has 3 rings (SSSR count). The van der Waals surface area contributed by atoms with Crippen LogP contribution in [0.1, 0.15) is 18.9 Å². The Morgan fingerprint density at radius 1 is 1.38 bits per heavy atom. The topological polar surface area (TPSA) is 102 Å². The van der Waals surface area contributed by atoms with Crippen LogP contribution in [0.4, 0.5) is 14.6 Å². The number of carbonyl (C=O) groups is 1. The second-order valence-corrected chi connectivity index (χ2v) is 6.65. The van der Waals surface area contributed by atoms with E-state index in [1.165, 1.54) is 24.4 Å². The minimum Gasteiger partial charge on any atom is -0.460 e. The summed E-state index contributed by atoms with van der Waals surface area (Å²) in [4.78, 5) is 17.4. The van der Waals surface area contributed by atoms with Crippen molar-refractivity contribution in [2.24, 2.45) is 5.73 Å². The summed E-state index contributed by atoms with van der Waals surface area (Å²) in [6.45, 7) is 3.32. The molecule has 154 valence electrons. The zero-order valence-electron chi connectivity index (χ0n) is 16.0. The number of nitrogens with two attached hydrogens (primary N) is 1. The van der Waals surface area contributed by atoms with Crippen LogP contribution < -0.4 is 10.6 Å². The highest BCUT2D eigenvalue weighted by atomic mass is 19.1. The lowest BCUT2D eigenvalue weighted by Crippen LogP contribution is -2.53. The zero-order valence-corrected chi connectivity index (χ0v) is 16.0. The van der Waals surface area contributed by atoms with E-state index in [1.807, 2.05) is 6.92 Å². The van der Waals surface area contributed by atoms with Crippen molar-refractivity contribution < 1.29 is 23.0 Å². The van der Waals surface area contributed by atoms with Crippen LogP contribution in [-0.2, 0) is 20.9 Å². The molecule has 0 spiro atoms. The third-order valence-corrected chi connectivity index (χ3v) is 4.48. The van der Waals surface area contributed by atoms with Gasteiger partial charge in [0.1, 0.15) is 24.7 Å². The van der Waals surface area contributed by atoms with Gasteiger partial charge in [-0.25, -0.2) is 13.8 Å². The number of carbonyl (C=O) groups excluding carboxylic acids is 1. The van der Waals surface area contributed by atoms with Gasteiger partial charge in [-0.1, -0.05) is 18.2 Å². The van der Waals surface area contributed by atoms with Gasteiger partial charge in [0.2, 0.25) is 0 Å². The lowest BCUT2D eigenvalue weighted by molar-refractivity contribution is -0.143. The van der Waals surface area contributed by atoms with Crippen molar-refractivity contribution in [3.63, 3.8) is 0 Å². The summed E-state index contributed by atoms with van der Waals surface area (Å²) >= 11 is 0. The molecule has 9 heteroatoms. The van der Waals surface area contributed by atoms with Crippen LogP contribution in [0, 0.1) is 17.0 Å². The van der Waals surface area contributed by atoms with Crippen LogP contribution in [-0.4, -0.2) is 42.6 Å². The molecule has 2 aromatic rings. The van der Waals surface area contributed by atoms with Crippen LogP contribution >= 0.6 is 0 Å². The van der Waals surface area contributed by atoms with E-state index in [0.29, 0.717) is 19.7 Å². The number of hydrogen-bond donors (Lipinski definition) is 2. The molecule has 0 atom stereocenters. The Morgan fingerprint density at radius 2 is 2.14 bits per heavy atom. The first-order chi connectivity index (χ1) is 13.9. The van der Waals surface area contributed by atoms with Crippen molar-refractivity contribution in [1.82, 2.24) is 4.98 Å². The van der Waals surface area contributed by atoms with Gasteiger partial charge >= 0.3 is 5.97 Å². The van der Waals surface area contributed by atoms with Crippen molar-refractivity contribution in [3.05, 3.63) is 47.7 Å². The first kappa shape index (κ1) is 20.7. The minimum atomic E-state index is -0.723. The molecule has 0 unspecified atom stereocenters. The number of nitrogens with one attached hydrogen (secondary N) is 1. The number of aromatic nitrogens is 1. The van der Waals surface area contributed by atoms with E-state index in [2.05, 4.69) is 4.98 Å². The molecule has 2 heterocycles. The molecule has 1 aromatic heterocycles. The summed E-state index contributed by atoms with van der Waals surface area (Å²) in [7, 11) is 0. The van der Waals surface area contributed by atoms with Crippen molar-refractivity contribution >= 4 is 17.6 Å². The number of halogens is 2. The van der Waals surface area contributed by atoms with Crippen molar-refractivity contribution in [3.8, 4) is 11.1 Å². The number of rotatable bonds is 8. The van der Waals surface area contributed by atoms with E-state index in [-0.39, 0.29) is 47.5 Å². The fourth-order valence-electron chi connectivity index (χ4n) is 3.04. The van der Waals surface area contributed by atoms with Gasteiger partial charge in [0.15, 0.2) is 11.6 Å². The molecule has 0 amide bonds. The number of nitrogens with zero attached hydrogens (tertiary/aromatic N) is 2. The Balaban J connectivity index is 1.73. The van der Waals surface area contributed by atoms with Crippen LogP contribution in [0.15, 0.2) is 30.5 Å². The molecule has 1 aliphatic rings. The van der Waals surface area contributed by atoms with E-state index in [1.54, 1.807) is 11.0 Å². The smallest absolute Gasteiger partial charge is 0.313 e. The number of hydrogen-bond acceptors (Lipinski definition) is 6. The van der Waals surface area contributed by atoms with Crippen LogP contribution in [0.25, 0.3) is 11.1 Å². The summed E-state index contributed by atoms with van der Waals surface area (Å²) in [5.74, 6) is -2.02. The lowest BCUT2D eigenvalue weighted by atomic mass is 10.0. The molecule has 3 N–H and O–H groups in total. The predicted molar refractivity (Wildman–Crippen MR) is 104 cm³/mol. The van der Waals surface area contributed by atoms with E-state index >= 15 is 0 Å². The average molecular weight is 404 g/mol. The monoisotopic (exact) mass is 404 g/mol. The molecule has 1 aliphatic heterocycles. The van der Waals surface area contributed by atoms with Gasteiger partial charge in [0, 0.05) is 42.6 Å². The molecule has 0 radical (unpaired) electrons. The summed E-state index contributed by atoms with van der Waals surface area (Å²) in [6.07, 6.45) is 1.12. The maximum atomic E-state index is 14.8. The first-order valence-corrected chi connectivity index (χ1v) is 9.17. The van der Waals surface area contributed by atoms with Gasteiger partial charge in [-0.2, -0.15) is 0 Å². The van der Waals surface area contributed by atoms with Gasteiger partial charge in [-0.05, 0) is 13.0 Å². The molecule has 29 heavy (non-hydrogen) atoms.